The van der Waals surface area contributed by atoms with Gasteiger partial charge in [0.2, 0.25) is 0 Å². The molecule has 1 N–H and O–H groups in total. The first-order chi connectivity index (χ1) is 12.9. The number of esters is 1. The van der Waals surface area contributed by atoms with Crippen LogP contribution in [0.4, 0.5) is 0 Å². The van der Waals surface area contributed by atoms with Crippen molar-refractivity contribution in [3.05, 3.63) is 33.3 Å². The normalized spacial score (nSPS) is 18.6. The highest BCUT2D eigenvalue weighted by Crippen LogP contribution is 2.31. The zero-order valence-corrected chi connectivity index (χ0v) is 15.6. The number of rotatable bonds is 6. The molecule has 0 aromatic heterocycles. The zero-order chi connectivity index (χ0) is 19.6. The summed E-state index contributed by atoms with van der Waals surface area (Å²) in [5, 5.41) is 2.86. The molecule has 3 amide bonds. The van der Waals surface area contributed by atoms with E-state index in [1.165, 1.54) is 12.1 Å². The van der Waals surface area contributed by atoms with Crippen LogP contribution in [-0.2, 0) is 19.1 Å². The van der Waals surface area contributed by atoms with Gasteiger partial charge in [-0.05, 0) is 25.0 Å². The van der Waals surface area contributed by atoms with Crippen molar-refractivity contribution in [2.24, 2.45) is 0 Å². The van der Waals surface area contributed by atoms with Crippen LogP contribution in [0.15, 0.2) is 12.1 Å². The summed E-state index contributed by atoms with van der Waals surface area (Å²) in [5.74, 6) is -2.71. The fraction of sp³-hybridized carbons (Fsp3) is 0.412. The molecule has 1 aromatic rings. The van der Waals surface area contributed by atoms with E-state index in [1.807, 2.05) is 0 Å². The largest absolute Gasteiger partial charge is 0.454 e. The number of imide groups is 1. The summed E-state index contributed by atoms with van der Waals surface area (Å²) in [6, 6.07) is 2.56. The average Bonchev–Trinajstić information content (AvgIpc) is 3.23. The highest BCUT2D eigenvalue weighted by atomic mass is 35.5. The van der Waals surface area contributed by atoms with Crippen LogP contribution >= 0.6 is 23.2 Å². The van der Waals surface area contributed by atoms with Crippen molar-refractivity contribution in [2.45, 2.75) is 18.9 Å². The second-order valence-corrected chi connectivity index (χ2v) is 6.92. The Balaban J connectivity index is 1.50. The second kappa shape index (κ2) is 8.24. The number of nitrogens with zero attached hydrogens (tertiary/aromatic N) is 1. The number of amides is 3. The van der Waals surface area contributed by atoms with Crippen LogP contribution in [0.3, 0.4) is 0 Å². The highest BCUT2D eigenvalue weighted by molar-refractivity contribution is 6.43. The van der Waals surface area contributed by atoms with Crippen LogP contribution in [0.5, 0.6) is 0 Å². The van der Waals surface area contributed by atoms with Gasteiger partial charge in [-0.15, -0.1) is 0 Å². The molecule has 0 aliphatic carbocycles. The Morgan fingerprint density at radius 1 is 1.19 bits per heavy atom. The van der Waals surface area contributed by atoms with E-state index in [9.17, 15) is 19.2 Å². The molecule has 1 atom stereocenters. The van der Waals surface area contributed by atoms with Gasteiger partial charge in [-0.25, -0.2) is 0 Å². The quantitative estimate of drug-likeness (QED) is 0.557. The van der Waals surface area contributed by atoms with E-state index in [4.69, 9.17) is 32.7 Å². The topological polar surface area (TPSA) is 102 Å². The van der Waals surface area contributed by atoms with Gasteiger partial charge >= 0.3 is 5.97 Å². The minimum atomic E-state index is -0.881. The minimum absolute atomic E-state index is 0.0263. The number of hydrogen-bond acceptors (Lipinski definition) is 6. The van der Waals surface area contributed by atoms with Crippen molar-refractivity contribution >= 4 is 46.9 Å². The van der Waals surface area contributed by atoms with E-state index < -0.39 is 36.8 Å². The molecule has 0 saturated carbocycles. The van der Waals surface area contributed by atoms with E-state index in [0.717, 1.165) is 17.7 Å². The van der Waals surface area contributed by atoms with Crippen molar-refractivity contribution in [2.75, 3.05) is 26.3 Å². The summed E-state index contributed by atoms with van der Waals surface area (Å²) in [6.45, 7) is -0.102. The Morgan fingerprint density at radius 3 is 2.37 bits per heavy atom. The Labute approximate surface area is 164 Å². The molecule has 1 aromatic carbocycles. The number of halogens is 2. The van der Waals surface area contributed by atoms with Gasteiger partial charge in [-0.1, -0.05) is 23.2 Å². The lowest BCUT2D eigenvalue weighted by atomic mass is 10.1. The van der Waals surface area contributed by atoms with Gasteiger partial charge in [0.05, 0.1) is 27.3 Å². The maximum absolute atomic E-state index is 12.3. The number of carbonyl (C=O) groups is 4. The fourth-order valence-corrected chi connectivity index (χ4v) is 3.16. The predicted molar refractivity (Wildman–Crippen MR) is 94.8 cm³/mol. The summed E-state index contributed by atoms with van der Waals surface area (Å²) in [6.07, 6.45) is 1.79. The first-order valence-corrected chi connectivity index (χ1v) is 9.01. The number of carbonyl (C=O) groups excluding carboxylic acids is 4. The van der Waals surface area contributed by atoms with Crippen molar-refractivity contribution < 1.29 is 28.7 Å². The summed E-state index contributed by atoms with van der Waals surface area (Å²) in [5.41, 5.74) is 0.132. The van der Waals surface area contributed by atoms with Crippen LogP contribution in [0.1, 0.15) is 33.6 Å². The summed E-state index contributed by atoms with van der Waals surface area (Å²) in [7, 11) is 0. The first-order valence-electron chi connectivity index (χ1n) is 8.26. The molecule has 10 heteroatoms. The molecule has 2 heterocycles. The molecule has 144 valence electrons. The standard InChI is InChI=1S/C17H16Cl2N2O6/c18-12-4-10-11(5-13(12)19)17(25)21(16(10)24)7-15(23)27-8-14(22)20-6-9-2-1-3-26-9/h4-5,9H,1-3,6-8H2,(H,20,22)/t9-/m1/s1. The molecule has 0 bridgehead atoms. The van der Waals surface area contributed by atoms with E-state index >= 15 is 0 Å². The monoisotopic (exact) mass is 414 g/mol. The molecule has 8 nitrogen and oxygen atoms in total. The van der Waals surface area contributed by atoms with Crippen LogP contribution in [0, 0.1) is 0 Å². The molecule has 0 radical (unpaired) electrons. The van der Waals surface area contributed by atoms with Gasteiger partial charge in [-0.3, -0.25) is 24.1 Å². The van der Waals surface area contributed by atoms with Crippen molar-refractivity contribution in [1.82, 2.24) is 10.2 Å². The molecule has 1 saturated heterocycles. The lowest BCUT2D eigenvalue weighted by Gasteiger charge is -2.13. The smallest absolute Gasteiger partial charge is 0.326 e. The predicted octanol–water partition coefficient (Wildman–Crippen LogP) is 1.43. The molecular formula is C17H16Cl2N2O6. The number of fused-ring (bicyclic) bond motifs is 1. The highest BCUT2D eigenvalue weighted by Gasteiger charge is 2.37. The Hall–Kier alpha value is -2.16. The van der Waals surface area contributed by atoms with Gasteiger partial charge in [0.15, 0.2) is 6.61 Å². The Bertz CT molecular complexity index is 766. The fourth-order valence-electron chi connectivity index (χ4n) is 2.83. The molecule has 2 aliphatic rings. The van der Waals surface area contributed by atoms with Gasteiger partial charge in [-0.2, -0.15) is 0 Å². The third-order valence-electron chi connectivity index (χ3n) is 4.21. The zero-order valence-electron chi connectivity index (χ0n) is 14.1. The Morgan fingerprint density at radius 2 is 1.81 bits per heavy atom. The molecule has 0 unspecified atom stereocenters. The van der Waals surface area contributed by atoms with Crippen molar-refractivity contribution in [3.8, 4) is 0 Å². The van der Waals surface area contributed by atoms with Gasteiger partial charge < -0.3 is 14.8 Å². The minimum Gasteiger partial charge on any atom is -0.454 e. The molecule has 0 spiro atoms. The number of benzene rings is 1. The SMILES string of the molecule is O=C(COC(=O)CN1C(=O)c2cc(Cl)c(Cl)cc2C1=O)NC[C@H]1CCCO1. The van der Waals surface area contributed by atoms with Crippen LogP contribution in [-0.4, -0.2) is 61.0 Å². The summed E-state index contributed by atoms with van der Waals surface area (Å²) in [4.78, 5) is 48.9. The third kappa shape index (κ3) is 4.40. The van der Waals surface area contributed by atoms with Crippen molar-refractivity contribution in [3.63, 3.8) is 0 Å². The molecule has 1 fully saturated rings. The second-order valence-electron chi connectivity index (χ2n) is 6.11. The first kappa shape index (κ1) is 19.6. The molecule has 27 heavy (non-hydrogen) atoms. The van der Waals surface area contributed by atoms with Crippen LogP contribution in [0.2, 0.25) is 10.0 Å². The molecule has 2 aliphatic heterocycles. The van der Waals surface area contributed by atoms with Crippen LogP contribution < -0.4 is 5.32 Å². The van der Waals surface area contributed by atoms with Crippen LogP contribution in [0.25, 0.3) is 0 Å². The van der Waals surface area contributed by atoms with E-state index in [1.54, 1.807) is 0 Å². The number of hydrogen-bond donors (Lipinski definition) is 1. The number of ether oxygens (including phenoxy) is 2. The number of nitrogens with one attached hydrogen (secondary N) is 1. The molecule has 3 rings (SSSR count). The van der Waals surface area contributed by atoms with Gasteiger partial charge in [0, 0.05) is 13.2 Å². The van der Waals surface area contributed by atoms with Crippen molar-refractivity contribution in [1.29, 1.82) is 0 Å². The summed E-state index contributed by atoms with van der Waals surface area (Å²) >= 11 is 11.7. The maximum Gasteiger partial charge on any atom is 0.326 e. The summed E-state index contributed by atoms with van der Waals surface area (Å²) < 4.78 is 10.2. The van der Waals surface area contributed by atoms with E-state index in [-0.39, 0.29) is 27.3 Å². The van der Waals surface area contributed by atoms with E-state index in [0.29, 0.717) is 13.2 Å². The molecular weight excluding hydrogens is 399 g/mol. The van der Waals surface area contributed by atoms with Gasteiger partial charge in [0.1, 0.15) is 6.54 Å². The van der Waals surface area contributed by atoms with E-state index in [2.05, 4.69) is 5.32 Å². The lowest BCUT2D eigenvalue weighted by molar-refractivity contribution is -0.148. The lowest BCUT2D eigenvalue weighted by Crippen LogP contribution is -2.38. The Kier molecular flexibility index (Phi) is 5.98. The van der Waals surface area contributed by atoms with Gasteiger partial charge in [0.25, 0.3) is 17.7 Å². The maximum atomic E-state index is 12.3. The third-order valence-corrected chi connectivity index (χ3v) is 4.94. The average molecular weight is 415 g/mol.